The molecule has 3 rings (SSSR count). The van der Waals surface area contributed by atoms with Gasteiger partial charge in [-0.3, -0.25) is 9.59 Å². The molecule has 1 aliphatic rings. The van der Waals surface area contributed by atoms with Crippen LogP contribution < -0.4 is 10.1 Å². The summed E-state index contributed by atoms with van der Waals surface area (Å²) < 4.78 is 5.75. The topological polar surface area (TPSA) is 58.6 Å². The molecule has 0 radical (unpaired) electrons. The Balaban J connectivity index is 1.60. The second-order valence-corrected chi connectivity index (χ2v) is 8.95. The van der Waals surface area contributed by atoms with Gasteiger partial charge in [0.1, 0.15) is 11.8 Å². The molecule has 5 nitrogen and oxygen atoms in total. The molecule has 1 atom stereocenters. The molecule has 2 amide bonds. The first-order valence-electron chi connectivity index (χ1n) is 11.5. The number of aryl methyl sites for hydroxylation is 1. The molecule has 6 heteroatoms. The molecule has 0 bridgehead atoms. The summed E-state index contributed by atoms with van der Waals surface area (Å²) in [4.78, 5) is 27.7. The van der Waals surface area contributed by atoms with Crippen LogP contribution in [0.2, 0.25) is 5.02 Å². The fourth-order valence-corrected chi connectivity index (χ4v) is 4.17. The Morgan fingerprint density at radius 1 is 1.12 bits per heavy atom. The normalized spacial score (nSPS) is 14.7. The van der Waals surface area contributed by atoms with Crippen LogP contribution in [0.5, 0.6) is 5.75 Å². The second kappa shape index (κ2) is 11.9. The van der Waals surface area contributed by atoms with E-state index in [0.717, 1.165) is 37.0 Å². The summed E-state index contributed by atoms with van der Waals surface area (Å²) in [6, 6.07) is 14.9. The third-order valence-corrected chi connectivity index (χ3v) is 6.36. The van der Waals surface area contributed by atoms with Crippen molar-refractivity contribution in [2.75, 3.05) is 6.61 Å². The molecule has 1 N–H and O–H groups in total. The molecular weight excluding hydrogens is 424 g/mol. The number of nitrogens with one attached hydrogen (secondary N) is 1. The Morgan fingerprint density at radius 2 is 1.81 bits per heavy atom. The van der Waals surface area contributed by atoms with E-state index in [9.17, 15) is 9.59 Å². The lowest BCUT2D eigenvalue weighted by Gasteiger charge is -2.30. The monoisotopic (exact) mass is 456 g/mol. The van der Waals surface area contributed by atoms with Gasteiger partial charge in [0.15, 0.2) is 0 Å². The van der Waals surface area contributed by atoms with Gasteiger partial charge in [0.05, 0.1) is 6.61 Å². The number of ether oxygens (including phenoxy) is 1. The van der Waals surface area contributed by atoms with Gasteiger partial charge in [-0.1, -0.05) is 60.3 Å². The number of benzene rings is 2. The number of nitrogens with zero attached hydrogens (tertiary/aromatic N) is 1. The van der Waals surface area contributed by atoms with E-state index < -0.39 is 6.04 Å². The molecule has 0 saturated heterocycles. The molecule has 2 aromatic rings. The summed E-state index contributed by atoms with van der Waals surface area (Å²) in [7, 11) is 0. The Kier molecular flexibility index (Phi) is 8.98. The number of amides is 2. The molecular formula is C26H33ClN2O3. The molecule has 0 unspecified atom stereocenters. The van der Waals surface area contributed by atoms with E-state index in [-0.39, 0.29) is 17.9 Å². The first kappa shape index (κ1) is 24.1. The highest BCUT2D eigenvalue weighted by Crippen LogP contribution is 2.21. The molecule has 1 aliphatic carbocycles. The third-order valence-electron chi connectivity index (χ3n) is 5.99. The van der Waals surface area contributed by atoms with Gasteiger partial charge in [-0.25, -0.2) is 0 Å². The van der Waals surface area contributed by atoms with Crippen LogP contribution in [0.3, 0.4) is 0 Å². The minimum Gasteiger partial charge on any atom is -0.494 e. The molecule has 0 spiro atoms. The molecule has 1 saturated carbocycles. The highest BCUT2D eigenvalue weighted by Gasteiger charge is 2.28. The van der Waals surface area contributed by atoms with Crippen molar-refractivity contribution >= 4 is 23.4 Å². The lowest BCUT2D eigenvalue weighted by atomic mass is 10.1. The summed E-state index contributed by atoms with van der Waals surface area (Å²) in [6.45, 7) is 4.57. The lowest BCUT2D eigenvalue weighted by Crippen LogP contribution is -2.49. The maximum Gasteiger partial charge on any atom is 0.242 e. The van der Waals surface area contributed by atoms with Gasteiger partial charge in [-0.2, -0.15) is 0 Å². The van der Waals surface area contributed by atoms with Gasteiger partial charge < -0.3 is 15.0 Å². The van der Waals surface area contributed by atoms with Crippen molar-refractivity contribution < 1.29 is 14.3 Å². The minimum atomic E-state index is -0.572. The Labute approximate surface area is 196 Å². The Morgan fingerprint density at radius 3 is 2.50 bits per heavy atom. The highest BCUT2D eigenvalue weighted by atomic mass is 35.5. The van der Waals surface area contributed by atoms with E-state index in [1.165, 1.54) is 5.56 Å². The number of carbonyl (C=O) groups is 2. The first-order valence-corrected chi connectivity index (χ1v) is 11.8. The first-order chi connectivity index (χ1) is 15.4. The zero-order chi connectivity index (χ0) is 22.9. The summed E-state index contributed by atoms with van der Waals surface area (Å²) in [6.07, 6.45) is 5.17. The van der Waals surface area contributed by atoms with E-state index in [2.05, 4.69) is 5.32 Å². The van der Waals surface area contributed by atoms with E-state index in [1.807, 2.05) is 49.4 Å². The summed E-state index contributed by atoms with van der Waals surface area (Å²) in [5.41, 5.74) is 2.01. The van der Waals surface area contributed by atoms with Crippen LogP contribution in [-0.4, -0.2) is 35.4 Å². The van der Waals surface area contributed by atoms with Crippen LogP contribution in [0.1, 0.15) is 56.6 Å². The van der Waals surface area contributed by atoms with E-state index in [4.69, 9.17) is 16.3 Å². The van der Waals surface area contributed by atoms with Crippen molar-refractivity contribution in [3.05, 3.63) is 64.7 Å². The summed E-state index contributed by atoms with van der Waals surface area (Å²) >= 11 is 6.34. The van der Waals surface area contributed by atoms with E-state index in [1.54, 1.807) is 17.9 Å². The molecule has 0 aliphatic heterocycles. The number of halogens is 1. The number of carbonyl (C=O) groups excluding carboxylic acids is 2. The lowest BCUT2D eigenvalue weighted by molar-refractivity contribution is -0.141. The second-order valence-electron chi connectivity index (χ2n) is 8.54. The van der Waals surface area contributed by atoms with Crippen LogP contribution in [-0.2, 0) is 16.1 Å². The van der Waals surface area contributed by atoms with Gasteiger partial charge in [0, 0.05) is 24.0 Å². The van der Waals surface area contributed by atoms with Gasteiger partial charge in [0.2, 0.25) is 11.8 Å². The van der Waals surface area contributed by atoms with E-state index in [0.29, 0.717) is 31.0 Å². The quantitative estimate of drug-likeness (QED) is 0.494. The van der Waals surface area contributed by atoms with Crippen LogP contribution in [0.4, 0.5) is 0 Å². The maximum absolute atomic E-state index is 13.1. The summed E-state index contributed by atoms with van der Waals surface area (Å²) in [5.74, 6) is 0.611. The smallest absolute Gasteiger partial charge is 0.242 e. The fraction of sp³-hybridized carbons (Fsp3) is 0.462. The van der Waals surface area contributed by atoms with Crippen LogP contribution in [0, 0.1) is 6.92 Å². The largest absolute Gasteiger partial charge is 0.494 e. The van der Waals surface area contributed by atoms with Crippen molar-refractivity contribution in [1.82, 2.24) is 10.2 Å². The zero-order valence-corrected chi connectivity index (χ0v) is 19.7. The maximum atomic E-state index is 13.1. The molecule has 2 aromatic carbocycles. The van der Waals surface area contributed by atoms with Gasteiger partial charge in [0.25, 0.3) is 0 Å². The van der Waals surface area contributed by atoms with Crippen molar-refractivity contribution in [2.24, 2.45) is 0 Å². The minimum absolute atomic E-state index is 0.0773. The van der Waals surface area contributed by atoms with Crippen LogP contribution in [0.25, 0.3) is 0 Å². The number of rotatable bonds is 10. The SMILES string of the molecule is Cc1ccc(OCCCC(=O)N(Cc2ccccc2Cl)[C@@H](C)C(=O)NC2CCCC2)cc1. The number of hydrogen-bond acceptors (Lipinski definition) is 3. The van der Waals surface area contributed by atoms with Crippen molar-refractivity contribution in [1.29, 1.82) is 0 Å². The number of hydrogen-bond donors (Lipinski definition) is 1. The average Bonchev–Trinajstić information content (AvgIpc) is 3.30. The van der Waals surface area contributed by atoms with Gasteiger partial charge >= 0.3 is 0 Å². The Bertz CT molecular complexity index is 894. The summed E-state index contributed by atoms with van der Waals surface area (Å²) in [5, 5.41) is 3.71. The zero-order valence-electron chi connectivity index (χ0n) is 19.0. The average molecular weight is 457 g/mol. The molecule has 0 heterocycles. The Hall–Kier alpha value is -2.53. The van der Waals surface area contributed by atoms with Gasteiger partial charge in [-0.15, -0.1) is 0 Å². The van der Waals surface area contributed by atoms with Crippen molar-refractivity contribution in [3.63, 3.8) is 0 Å². The van der Waals surface area contributed by atoms with Crippen molar-refractivity contribution in [2.45, 2.75) is 71.0 Å². The predicted molar refractivity (Wildman–Crippen MR) is 128 cm³/mol. The predicted octanol–water partition coefficient (Wildman–Crippen LogP) is 5.28. The fourth-order valence-electron chi connectivity index (χ4n) is 3.98. The highest BCUT2D eigenvalue weighted by molar-refractivity contribution is 6.31. The van der Waals surface area contributed by atoms with E-state index >= 15 is 0 Å². The molecule has 172 valence electrons. The molecule has 0 aromatic heterocycles. The van der Waals surface area contributed by atoms with Crippen LogP contribution >= 0.6 is 11.6 Å². The standard InChI is InChI=1S/C26H33ClN2O3/c1-19-13-15-23(16-14-19)32-17-7-12-25(30)29(18-21-8-3-6-11-24(21)27)20(2)26(31)28-22-9-4-5-10-22/h3,6,8,11,13-16,20,22H,4-5,7,9-10,12,17-18H2,1-2H3,(H,28,31)/t20-/m0/s1. The van der Waals surface area contributed by atoms with Gasteiger partial charge in [-0.05, 0) is 56.9 Å². The van der Waals surface area contributed by atoms with Crippen LogP contribution in [0.15, 0.2) is 48.5 Å². The molecule has 32 heavy (non-hydrogen) atoms. The molecule has 1 fully saturated rings. The van der Waals surface area contributed by atoms with Crippen molar-refractivity contribution in [3.8, 4) is 5.75 Å². The third kappa shape index (κ3) is 6.99.